The zero-order chi connectivity index (χ0) is 30.2. The van der Waals surface area contributed by atoms with Gasteiger partial charge in [0, 0.05) is 31.3 Å². The molecule has 0 saturated carbocycles. The third-order valence-electron chi connectivity index (χ3n) is 6.77. The maximum atomic E-state index is 13.2. The highest BCUT2D eigenvalue weighted by molar-refractivity contribution is 6.40. The lowest BCUT2D eigenvalue weighted by Crippen LogP contribution is -2.36. The summed E-state index contributed by atoms with van der Waals surface area (Å²) in [4.78, 5) is 43.9. The quantitative estimate of drug-likeness (QED) is 0.189. The van der Waals surface area contributed by atoms with Gasteiger partial charge in [-0.25, -0.2) is 9.79 Å². The number of hydrogen-bond donors (Lipinski definition) is 4. The fraction of sp³-hybridized carbons (Fsp3) is 0.267. The number of carbonyl (C=O) groups is 3. The third-order valence-corrected chi connectivity index (χ3v) is 7.40. The number of aliphatic carboxylic acids is 1. The van der Waals surface area contributed by atoms with Crippen LogP contribution in [-0.2, 0) is 11.2 Å². The van der Waals surface area contributed by atoms with Crippen molar-refractivity contribution in [2.45, 2.75) is 31.7 Å². The van der Waals surface area contributed by atoms with Crippen molar-refractivity contribution < 1.29 is 24.2 Å². The summed E-state index contributed by atoms with van der Waals surface area (Å²) in [6.45, 7) is 1.34. The summed E-state index contributed by atoms with van der Waals surface area (Å²) in [6.07, 6.45) is 3.00. The van der Waals surface area contributed by atoms with Crippen LogP contribution in [0.3, 0.4) is 0 Å². The minimum absolute atomic E-state index is 0.0277. The van der Waals surface area contributed by atoms with Gasteiger partial charge in [-0.2, -0.15) is 0 Å². The first-order chi connectivity index (χ1) is 20.2. The van der Waals surface area contributed by atoms with Crippen LogP contribution in [0, 0.1) is 0 Å². The van der Waals surface area contributed by atoms with Crippen LogP contribution in [0.15, 0.2) is 65.7 Å². The van der Waals surface area contributed by atoms with Crippen molar-refractivity contribution in [3.63, 3.8) is 0 Å². The maximum Gasteiger partial charge on any atom is 0.328 e. The summed E-state index contributed by atoms with van der Waals surface area (Å²) >= 11 is 12.2. The van der Waals surface area contributed by atoms with Gasteiger partial charge in [0.15, 0.2) is 12.0 Å². The lowest BCUT2D eigenvalue weighted by atomic mass is 10.1. The maximum absolute atomic E-state index is 13.2. The Morgan fingerprint density at radius 3 is 2.29 bits per heavy atom. The van der Waals surface area contributed by atoms with Crippen molar-refractivity contribution >= 4 is 58.3 Å². The van der Waals surface area contributed by atoms with Gasteiger partial charge in [-0.05, 0) is 61.2 Å². The summed E-state index contributed by atoms with van der Waals surface area (Å²) in [5.74, 6) is -1.46. The van der Waals surface area contributed by atoms with E-state index in [1.807, 2.05) is 0 Å². The molecule has 1 aliphatic rings. The first-order valence-corrected chi connectivity index (χ1v) is 14.1. The van der Waals surface area contributed by atoms with Gasteiger partial charge in [-0.3, -0.25) is 9.59 Å². The Bertz CT molecular complexity index is 1470. The molecule has 3 aromatic carbocycles. The highest BCUT2D eigenvalue weighted by atomic mass is 35.5. The summed E-state index contributed by atoms with van der Waals surface area (Å²) in [7, 11) is 1.51. The lowest BCUT2D eigenvalue weighted by Gasteiger charge is -2.27. The van der Waals surface area contributed by atoms with Crippen LogP contribution in [-0.4, -0.2) is 60.0 Å². The molecular formula is C30H31Cl2N5O5. The van der Waals surface area contributed by atoms with Gasteiger partial charge in [-0.1, -0.05) is 41.4 Å². The molecule has 0 aliphatic carbocycles. The van der Waals surface area contributed by atoms with Crippen molar-refractivity contribution in [2.24, 2.45) is 10.7 Å². The number of amides is 2. The Labute approximate surface area is 253 Å². The monoisotopic (exact) mass is 611 g/mol. The smallest absolute Gasteiger partial charge is 0.328 e. The van der Waals surface area contributed by atoms with E-state index in [9.17, 15) is 19.5 Å². The van der Waals surface area contributed by atoms with Crippen molar-refractivity contribution in [2.75, 3.05) is 30.8 Å². The number of aliphatic imine (C=N–C) groups is 1. The molecule has 220 valence electrons. The number of carboxylic acids is 1. The molecule has 1 saturated heterocycles. The van der Waals surface area contributed by atoms with Crippen LogP contribution in [0.4, 0.5) is 11.4 Å². The topological polar surface area (TPSA) is 146 Å². The van der Waals surface area contributed by atoms with Crippen molar-refractivity contribution in [3.05, 3.63) is 87.4 Å². The number of carboxylic acid groups (broad SMARTS) is 1. The summed E-state index contributed by atoms with van der Waals surface area (Å²) in [5, 5.41) is 15.9. The molecule has 0 bridgehead atoms. The van der Waals surface area contributed by atoms with Crippen molar-refractivity contribution in [1.29, 1.82) is 0 Å². The molecule has 0 unspecified atom stereocenters. The van der Waals surface area contributed by atoms with Crippen LogP contribution >= 0.6 is 23.2 Å². The van der Waals surface area contributed by atoms with E-state index < -0.39 is 17.9 Å². The van der Waals surface area contributed by atoms with Gasteiger partial charge in [0.05, 0.1) is 34.0 Å². The number of benzene rings is 3. The average molecular weight is 613 g/mol. The minimum Gasteiger partial charge on any atom is -0.497 e. The summed E-state index contributed by atoms with van der Waals surface area (Å²) in [5.41, 5.74) is 8.17. The number of ether oxygens (including phenoxy) is 1. The second-order valence-electron chi connectivity index (χ2n) is 9.71. The third kappa shape index (κ3) is 7.71. The first kappa shape index (κ1) is 30.7. The molecule has 2 amide bonds. The number of rotatable bonds is 9. The molecule has 0 spiro atoms. The van der Waals surface area contributed by atoms with Crippen LogP contribution in [0.5, 0.6) is 5.75 Å². The van der Waals surface area contributed by atoms with Crippen LogP contribution in [0.1, 0.15) is 45.5 Å². The number of carbonyl (C=O) groups excluding carboxylic acids is 2. The number of anilines is 2. The van der Waals surface area contributed by atoms with E-state index in [0.29, 0.717) is 41.3 Å². The Morgan fingerprint density at radius 1 is 1.00 bits per heavy atom. The minimum atomic E-state index is -1.22. The highest BCUT2D eigenvalue weighted by Crippen LogP contribution is 2.27. The van der Waals surface area contributed by atoms with Crippen molar-refractivity contribution in [1.82, 2.24) is 4.90 Å². The number of likely N-dealkylation sites (tertiary alicyclic amines) is 1. The second kappa shape index (κ2) is 14.1. The van der Waals surface area contributed by atoms with Gasteiger partial charge in [0.1, 0.15) is 5.75 Å². The molecule has 1 aliphatic heterocycles. The van der Waals surface area contributed by atoms with Crippen LogP contribution < -0.4 is 21.1 Å². The van der Waals surface area contributed by atoms with E-state index in [1.165, 1.54) is 7.11 Å². The molecule has 1 heterocycles. The molecule has 42 heavy (non-hydrogen) atoms. The van der Waals surface area contributed by atoms with Gasteiger partial charge < -0.3 is 31.1 Å². The molecule has 3 aromatic rings. The van der Waals surface area contributed by atoms with E-state index in [1.54, 1.807) is 65.6 Å². The normalized spacial score (nSPS) is 14.2. The number of methoxy groups -OCH3 is 1. The summed E-state index contributed by atoms with van der Waals surface area (Å²) in [6, 6.07) is 15.2. The highest BCUT2D eigenvalue weighted by Gasteiger charge is 2.23. The molecule has 1 fully saturated rings. The van der Waals surface area contributed by atoms with E-state index in [-0.39, 0.29) is 33.9 Å². The number of hydrogen-bond acceptors (Lipinski definition) is 5. The molecule has 4 rings (SSSR count). The number of piperidine rings is 1. The molecule has 0 radical (unpaired) electrons. The Morgan fingerprint density at radius 2 is 1.67 bits per heavy atom. The number of nitrogens with one attached hydrogen (secondary N) is 2. The number of guanidine groups is 1. The standard InChI is InChI=1S/C30H31Cl2N5O5/c1-42-20-12-13-21(28(39)37-14-3-2-4-15-37)24(17-20)35-30(33)36-25(29(40)41)16-18-8-10-19(11-9-18)34-27(38)26-22(31)6-5-7-23(26)32/h5-13,17,25H,2-4,14-16H2,1H3,(H,34,38)(H,40,41)(H3,33,35,36)/t25-/m0/s1. The van der Waals surface area contributed by atoms with Crippen LogP contribution in [0.2, 0.25) is 10.0 Å². The number of nitrogens with zero attached hydrogens (tertiary/aromatic N) is 2. The molecular weight excluding hydrogens is 581 g/mol. The van der Waals surface area contributed by atoms with E-state index in [2.05, 4.69) is 15.6 Å². The van der Waals surface area contributed by atoms with Crippen LogP contribution in [0.25, 0.3) is 0 Å². The van der Waals surface area contributed by atoms with Gasteiger partial charge in [-0.15, -0.1) is 0 Å². The van der Waals surface area contributed by atoms with Gasteiger partial charge >= 0.3 is 5.97 Å². The first-order valence-electron chi connectivity index (χ1n) is 13.3. The van der Waals surface area contributed by atoms with E-state index in [0.717, 1.165) is 19.3 Å². The fourth-order valence-electron chi connectivity index (χ4n) is 4.59. The summed E-state index contributed by atoms with van der Waals surface area (Å²) < 4.78 is 5.31. The zero-order valence-electron chi connectivity index (χ0n) is 22.9. The van der Waals surface area contributed by atoms with Crippen molar-refractivity contribution in [3.8, 4) is 5.75 Å². The Hall–Kier alpha value is -4.28. The Balaban J connectivity index is 1.47. The van der Waals surface area contributed by atoms with E-state index >= 15 is 0 Å². The number of halogens is 2. The van der Waals surface area contributed by atoms with Gasteiger partial charge in [0.25, 0.3) is 11.8 Å². The molecule has 0 aromatic heterocycles. The molecule has 10 nitrogen and oxygen atoms in total. The predicted molar refractivity (Wildman–Crippen MR) is 164 cm³/mol. The SMILES string of the molecule is COc1ccc(C(=O)N2CCCCC2)c(NC(N)=N[C@@H](Cc2ccc(NC(=O)c3c(Cl)cccc3Cl)cc2)C(=O)O)c1. The molecule has 12 heteroatoms. The van der Waals surface area contributed by atoms with Gasteiger partial charge in [0.2, 0.25) is 0 Å². The zero-order valence-corrected chi connectivity index (χ0v) is 24.4. The fourth-order valence-corrected chi connectivity index (χ4v) is 5.16. The predicted octanol–water partition coefficient (Wildman–Crippen LogP) is 5.30. The van der Waals surface area contributed by atoms with E-state index in [4.69, 9.17) is 33.7 Å². The second-order valence-corrected chi connectivity index (χ2v) is 10.5. The lowest BCUT2D eigenvalue weighted by molar-refractivity contribution is -0.138. The number of nitrogens with two attached hydrogens (primary N) is 1. The largest absolute Gasteiger partial charge is 0.497 e. The molecule has 1 atom stereocenters. The Kier molecular flexibility index (Phi) is 10.3. The molecule has 5 N–H and O–H groups in total. The average Bonchev–Trinajstić information content (AvgIpc) is 2.97.